The molecule has 2 aliphatic heterocycles. The van der Waals surface area contributed by atoms with Gasteiger partial charge in [-0.3, -0.25) is 24.0 Å². The van der Waals surface area contributed by atoms with Crippen molar-refractivity contribution in [3.63, 3.8) is 0 Å². The Bertz CT molecular complexity index is 1320. The molecule has 0 bridgehead atoms. The van der Waals surface area contributed by atoms with E-state index in [2.05, 4.69) is 40.0 Å². The molecule has 0 aliphatic carbocycles. The van der Waals surface area contributed by atoms with Crippen LogP contribution in [0, 0.1) is 5.82 Å². The summed E-state index contributed by atoms with van der Waals surface area (Å²) in [4.78, 5) is 40.1. The molecule has 4 rings (SSSR count). The molecule has 0 aromatic carbocycles. The fourth-order valence-electron chi connectivity index (χ4n) is 4.61. The summed E-state index contributed by atoms with van der Waals surface area (Å²) >= 11 is 0. The molecule has 1 fully saturated rings. The van der Waals surface area contributed by atoms with E-state index in [1.54, 1.807) is 13.8 Å². The van der Waals surface area contributed by atoms with Gasteiger partial charge in [-0.05, 0) is 49.4 Å². The van der Waals surface area contributed by atoms with Crippen LogP contribution in [0.25, 0.3) is 0 Å². The first-order valence-electron chi connectivity index (χ1n) is 11.0. The van der Waals surface area contributed by atoms with Crippen molar-refractivity contribution in [1.29, 1.82) is 0 Å². The van der Waals surface area contributed by atoms with Gasteiger partial charge in [0.05, 0.1) is 22.4 Å². The maximum absolute atomic E-state index is 15.2. The molecule has 0 spiro atoms. The molecule has 2 amide bonds. The van der Waals surface area contributed by atoms with Crippen molar-refractivity contribution in [3.05, 3.63) is 41.7 Å². The van der Waals surface area contributed by atoms with Crippen molar-refractivity contribution >= 4 is 33.8 Å². The smallest absolute Gasteiger partial charge is 0.410 e. The lowest BCUT2D eigenvalue weighted by Crippen LogP contribution is -2.66. The van der Waals surface area contributed by atoms with Gasteiger partial charge >= 0.3 is 12.7 Å². The van der Waals surface area contributed by atoms with Gasteiger partial charge in [-0.25, -0.2) is 24.1 Å². The molecule has 2 aromatic rings. The molecular weight excluding hydrogens is 519 g/mol. The minimum atomic E-state index is -3.39. The number of nitrogens with one attached hydrogen (secondary N) is 3. The van der Waals surface area contributed by atoms with Crippen LogP contribution in [-0.4, -0.2) is 65.3 Å². The van der Waals surface area contributed by atoms with Crippen LogP contribution in [0.2, 0.25) is 0 Å². The summed E-state index contributed by atoms with van der Waals surface area (Å²) in [6.45, 7) is 1.96. The van der Waals surface area contributed by atoms with Gasteiger partial charge < -0.3 is 15.2 Å². The molecule has 2 atom stereocenters. The van der Waals surface area contributed by atoms with Crippen LogP contribution in [0.4, 0.5) is 23.8 Å². The third-order valence-corrected chi connectivity index (χ3v) is 10.7. The normalized spacial score (nSPS) is 24.5. The number of aliphatic imine (C=N–C) groups is 1. The van der Waals surface area contributed by atoms with Crippen LogP contribution in [0.3, 0.4) is 0 Å². The van der Waals surface area contributed by atoms with E-state index in [4.69, 9.17) is 0 Å². The molecule has 1 saturated heterocycles. The van der Waals surface area contributed by atoms with Crippen LogP contribution in [-0.2, 0) is 15.7 Å². The van der Waals surface area contributed by atoms with Gasteiger partial charge in [-0.1, -0.05) is 0 Å². The largest absolute Gasteiger partial charge is 0.465 e. The Balaban J connectivity index is 1.70. The lowest BCUT2D eigenvalue weighted by molar-refractivity contribution is -0.0531. The number of amides is 2. The fourth-order valence-corrected chi connectivity index (χ4v) is 8.27. The molecule has 0 unspecified atom stereocenters. The molecule has 4 N–H and O–H groups in total. The zero-order valence-corrected chi connectivity index (χ0v) is 20.7. The van der Waals surface area contributed by atoms with Gasteiger partial charge in [0.1, 0.15) is 34.4 Å². The highest BCUT2D eigenvalue weighted by Crippen LogP contribution is 2.48. The Hall–Kier alpha value is -3.66. The van der Waals surface area contributed by atoms with Gasteiger partial charge in [-0.2, -0.15) is 8.78 Å². The summed E-state index contributed by atoms with van der Waals surface area (Å²) in [5.74, 6) is -2.31. The Labute approximate surface area is 209 Å². The lowest BCUT2D eigenvalue weighted by Gasteiger charge is -2.50. The molecule has 2 aliphatic rings. The summed E-state index contributed by atoms with van der Waals surface area (Å²) in [5, 5.41) is 13.2. The predicted octanol–water partition coefficient (Wildman–Crippen LogP) is 1.83. The van der Waals surface area contributed by atoms with Crippen LogP contribution in [0.5, 0.6) is 5.88 Å². The standard InChI is InChI=1S/C21H24F3N7O5S/c1-20(2)17(30-19(33)34)31-21(3,12-6-7-27-37(12,20)35)15-10(22)4-5-13(28-15)29-16(32)11-8-26-14(9-25-11)36-18(23)24/h4-5,8-9,12,18,37H,6-7H2,1-3H3,(H,27,35)(H,30,31)(H,33,34)(H,28,29,32)/t12-,21-/m0/s1. The van der Waals surface area contributed by atoms with Gasteiger partial charge in [0.15, 0.2) is 0 Å². The minimum Gasteiger partial charge on any atom is -0.465 e. The molecule has 37 heavy (non-hydrogen) atoms. The second kappa shape index (κ2) is 9.33. The number of pyridine rings is 1. The van der Waals surface area contributed by atoms with E-state index in [0.29, 0.717) is 13.0 Å². The van der Waals surface area contributed by atoms with E-state index in [1.807, 2.05) is 0 Å². The maximum atomic E-state index is 15.2. The number of ether oxygens (including phenoxy) is 1. The van der Waals surface area contributed by atoms with Crippen molar-refractivity contribution < 1.29 is 36.8 Å². The average Bonchev–Trinajstić information content (AvgIpc) is 3.23. The van der Waals surface area contributed by atoms with Crippen molar-refractivity contribution in [3.8, 4) is 5.88 Å². The number of thiol groups is 1. The summed E-state index contributed by atoms with van der Waals surface area (Å²) in [6, 6.07) is 2.22. The van der Waals surface area contributed by atoms with E-state index in [9.17, 15) is 27.7 Å². The Kier molecular flexibility index (Phi) is 6.66. The number of hydrogen-bond acceptors (Lipinski definition) is 8. The summed E-state index contributed by atoms with van der Waals surface area (Å²) in [5.41, 5.74) is -2.05. The molecule has 200 valence electrons. The first kappa shape index (κ1) is 26.4. The van der Waals surface area contributed by atoms with E-state index < -0.39 is 56.0 Å². The zero-order chi connectivity index (χ0) is 27.2. The number of hydrogen-bond donors (Lipinski definition) is 5. The highest BCUT2D eigenvalue weighted by Gasteiger charge is 2.59. The van der Waals surface area contributed by atoms with E-state index in [0.717, 1.165) is 18.5 Å². The van der Waals surface area contributed by atoms with Gasteiger partial charge in [0.2, 0.25) is 5.88 Å². The Morgan fingerprint density at radius 3 is 2.57 bits per heavy atom. The third-order valence-electron chi connectivity index (χ3n) is 6.47. The topological polar surface area (TPSA) is 168 Å². The molecular formula is C21H24F3N7O5S. The number of rotatable bonds is 5. The first-order valence-corrected chi connectivity index (χ1v) is 12.8. The summed E-state index contributed by atoms with van der Waals surface area (Å²) in [7, 11) is -3.39. The number of nitrogens with zero attached hydrogens (tertiary/aromatic N) is 4. The third kappa shape index (κ3) is 4.61. The first-order chi connectivity index (χ1) is 17.3. The Morgan fingerprint density at radius 2 is 1.95 bits per heavy atom. The number of anilines is 1. The number of fused-ring (bicyclic) bond motifs is 1. The molecule has 0 saturated carbocycles. The zero-order valence-electron chi connectivity index (χ0n) is 19.8. The number of alkyl halides is 2. The van der Waals surface area contributed by atoms with Crippen LogP contribution >= 0.6 is 0 Å². The molecule has 4 heterocycles. The number of halogens is 3. The van der Waals surface area contributed by atoms with Gasteiger partial charge in [-0.15, -0.1) is 0 Å². The number of amidine groups is 1. The number of carboxylic acid groups (broad SMARTS) is 1. The van der Waals surface area contributed by atoms with Crippen molar-refractivity contribution in [2.24, 2.45) is 4.99 Å². The minimum absolute atomic E-state index is 0.103. The lowest BCUT2D eigenvalue weighted by atomic mass is 9.89. The van der Waals surface area contributed by atoms with Crippen molar-refractivity contribution in [1.82, 2.24) is 25.0 Å². The van der Waals surface area contributed by atoms with E-state index in [-0.39, 0.29) is 23.0 Å². The maximum Gasteiger partial charge on any atom is 0.410 e. The van der Waals surface area contributed by atoms with Crippen LogP contribution < -0.4 is 20.1 Å². The average molecular weight is 544 g/mol. The quantitative estimate of drug-likeness (QED) is 0.356. The second-order valence-corrected chi connectivity index (χ2v) is 12.4. The van der Waals surface area contributed by atoms with Crippen LogP contribution in [0.15, 0.2) is 29.5 Å². The predicted molar refractivity (Wildman–Crippen MR) is 127 cm³/mol. The van der Waals surface area contributed by atoms with Crippen molar-refractivity contribution in [2.75, 3.05) is 11.9 Å². The number of carbonyl (C=O) groups excluding carboxylic acids is 1. The van der Waals surface area contributed by atoms with Gasteiger partial charge in [0.25, 0.3) is 5.91 Å². The van der Waals surface area contributed by atoms with E-state index in [1.165, 1.54) is 13.0 Å². The molecule has 0 radical (unpaired) electrons. The van der Waals surface area contributed by atoms with E-state index >= 15 is 4.39 Å². The number of carbonyl (C=O) groups is 2. The summed E-state index contributed by atoms with van der Waals surface area (Å²) < 4.78 is 59.8. The SMILES string of the molecule is CC1(C)C(NC(=O)O)=N[C@](C)(c2nc(NC(=O)c3cnc(OC(F)F)cn3)ccc2F)[C@@H]2CCN[SH]21=O. The van der Waals surface area contributed by atoms with Crippen LogP contribution in [0.1, 0.15) is 43.4 Å². The molecule has 16 heteroatoms. The van der Waals surface area contributed by atoms with Gasteiger partial charge in [0, 0.05) is 6.54 Å². The Morgan fingerprint density at radius 1 is 1.22 bits per heavy atom. The molecule has 2 aromatic heterocycles. The highest BCUT2D eigenvalue weighted by atomic mass is 32.3. The number of aromatic nitrogens is 3. The van der Waals surface area contributed by atoms with Crippen molar-refractivity contribution in [2.45, 2.75) is 49.3 Å². The monoisotopic (exact) mass is 543 g/mol. The second-order valence-electron chi connectivity index (χ2n) is 9.07. The summed E-state index contributed by atoms with van der Waals surface area (Å²) in [6.07, 6.45) is 0.697. The fraction of sp³-hybridized carbons (Fsp3) is 0.429. The highest BCUT2D eigenvalue weighted by molar-refractivity contribution is 8.04. The molecule has 12 nitrogen and oxygen atoms in total.